The van der Waals surface area contributed by atoms with Crippen LogP contribution in [0.1, 0.15) is 24.4 Å². The molecule has 2 rings (SSSR count). The van der Waals surface area contributed by atoms with E-state index in [0.717, 1.165) is 24.9 Å². The van der Waals surface area contributed by atoms with Gasteiger partial charge in [0.2, 0.25) is 0 Å². The summed E-state index contributed by atoms with van der Waals surface area (Å²) in [5.41, 5.74) is 1.15. The Kier molecular flexibility index (Phi) is 2.89. The maximum Gasteiger partial charge on any atom is 0.115 e. The molecule has 2 N–H and O–H groups in total. The number of phenolic OH excluding ortho intramolecular Hbond substituents is 1. The fourth-order valence-corrected chi connectivity index (χ4v) is 2.00. The van der Waals surface area contributed by atoms with E-state index in [1.54, 1.807) is 12.1 Å². The van der Waals surface area contributed by atoms with Gasteiger partial charge in [-0.25, -0.2) is 0 Å². The minimum Gasteiger partial charge on any atom is -0.508 e. The molecule has 2 atom stereocenters. The molecule has 0 radical (unpaired) electrons. The van der Waals surface area contributed by atoms with Crippen LogP contribution in [0.2, 0.25) is 0 Å². The molecule has 1 aliphatic rings. The summed E-state index contributed by atoms with van der Waals surface area (Å²) in [6, 6.07) is 9.77. The highest BCUT2D eigenvalue weighted by atomic mass is 16.3. The average Bonchev–Trinajstić information content (AvgIpc) is 2.30. The van der Waals surface area contributed by atoms with E-state index in [4.69, 9.17) is 5.26 Å². The monoisotopic (exact) mass is 202 g/mol. The summed E-state index contributed by atoms with van der Waals surface area (Å²) in [6.07, 6.45) is 1.80. The number of benzene rings is 1. The third-order valence-electron chi connectivity index (χ3n) is 2.88. The summed E-state index contributed by atoms with van der Waals surface area (Å²) in [7, 11) is 0. The van der Waals surface area contributed by atoms with Crippen molar-refractivity contribution in [2.45, 2.75) is 18.9 Å². The van der Waals surface area contributed by atoms with E-state index in [2.05, 4.69) is 11.4 Å². The van der Waals surface area contributed by atoms with Crippen LogP contribution in [0, 0.1) is 17.2 Å². The normalized spacial score (nSPS) is 25.8. The molecule has 0 amide bonds. The van der Waals surface area contributed by atoms with Crippen molar-refractivity contribution in [1.82, 2.24) is 5.32 Å². The van der Waals surface area contributed by atoms with Gasteiger partial charge in [-0.2, -0.15) is 5.26 Å². The maximum absolute atomic E-state index is 9.18. The molecule has 1 fully saturated rings. The van der Waals surface area contributed by atoms with E-state index in [-0.39, 0.29) is 17.7 Å². The SMILES string of the molecule is N#CC1CCNC(c2ccc(O)cc2)C1. The zero-order chi connectivity index (χ0) is 10.7. The number of hydrogen-bond donors (Lipinski definition) is 2. The van der Waals surface area contributed by atoms with Gasteiger partial charge in [0.15, 0.2) is 0 Å². The van der Waals surface area contributed by atoms with Crippen LogP contribution in [-0.4, -0.2) is 11.7 Å². The third-order valence-corrected chi connectivity index (χ3v) is 2.88. The number of nitrogens with zero attached hydrogens (tertiary/aromatic N) is 1. The number of rotatable bonds is 1. The molecule has 3 heteroatoms. The van der Waals surface area contributed by atoms with Crippen molar-refractivity contribution >= 4 is 0 Å². The first-order valence-electron chi connectivity index (χ1n) is 5.21. The Balaban J connectivity index is 2.10. The lowest BCUT2D eigenvalue weighted by molar-refractivity contribution is 0.356. The Labute approximate surface area is 89.4 Å². The molecule has 1 heterocycles. The molecular formula is C12H14N2O. The van der Waals surface area contributed by atoms with Gasteiger partial charge in [-0.3, -0.25) is 0 Å². The molecule has 1 aromatic rings. The second-order valence-electron chi connectivity index (χ2n) is 3.95. The van der Waals surface area contributed by atoms with Gasteiger partial charge < -0.3 is 10.4 Å². The molecule has 0 aromatic heterocycles. The van der Waals surface area contributed by atoms with Gasteiger partial charge in [0.05, 0.1) is 6.07 Å². The van der Waals surface area contributed by atoms with Gasteiger partial charge in [0.25, 0.3) is 0 Å². The summed E-state index contributed by atoms with van der Waals surface area (Å²) < 4.78 is 0. The minimum atomic E-state index is 0.157. The maximum atomic E-state index is 9.18. The molecule has 0 bridgehead atoms. The largest absolute Gasteiger partial charge is 0.508 e. The molecule has 1 aliphatic heterocycles. The van der Waals surface area contributed by atoms with Gasteiger partial charge >= 0.3 is 0 Å². The van der Waals surface area contributed by atoms with Crippen LogP contribution >= 0.6 is 0 Å². The fraction of sp³-hybridized carbons (Fsp3) is 0.417. The highest BCUT2D eigenvalue weighted by Crippen LogP contribution is 2.27. The molecule has 0 saturated carbocycles. The molecule has 1 aromatic carbocycles. The van der Waals surface area contributed by atoms with Crippen LogP contribution in [0.5, 0.6) is 5.75 Å². The Bertz CT molecular complexity index is 366. The number of piperidine rings is 1. The van der Waals surface area contributed by atoms with Gasteiger partial charge in [-0.1, -0.05) is 12.1 Å². The van der Waals surface area contributed by atoms with Crippen molar-refractivity contribution in [3.05, 3.63) is 29.8 Å². The van der Waals surface area contributed by atoms with Gasteiger partial charge in [0, 0.05) is 12.0 Å². The number of nitriles is 1. The second kappa shape index (κ2) is 4.33. The fourth-order valence-electron chi connectivity index (χ4n) is 2.00. The van der Waals surface area contributed by atoms with Crippen molar-refractivity contribution in [2.24, 2.45) is 5.92 Å². The Hall–Kier alpha value is -1.53. The lowest BCUT2D eigenvalue weighted by atomic mass is 9.90. The molecule has 0 spiro atoms. The highest BCUT2D eigenvalue weighted by molar-refractivity contribution is 5.28. The predicted octanol–water partition coefficient (Wildman–Crippen LogP) is 1.96. The van der Waals surface area contributed by atoms with Crippen LogP contribution in [0.4, 0.5) is 0 Å². The smallest absolute Gasteiger partial charge is 0.115 e. The first-order chi connectivity index (χ1) is 7.29. The second-order valence-corrected chi connectivity index (χ2v) is 3.95. The number of phenols is 1. The number of hydrogen-bond acceptors (Lipinski definition) is 3. The van der Waals surface area contributed by atoms with E-state index in [1.165, 1.54) is 0 Å². The third kappa shape index (κ3) is 2.28. The van der Waals surface area contributed by atoms with Gasteiger partial charge in [-0.05, 0) is 37.1 Å². The van der Waals surface area contributed by atoms with Crippen molar-refractivity contribution in [3.63, 3.8) is 0 Å². The van der Waals surface area contributed by atoms with E-state index in [9.17, 15) is 5.11 Å². The number of nitrogens with one attached hydrogen (secondary N) is 1. The molecule has 3 nitrogen and oxygen atoms in total. The lowest BCUT2D eigenvalue weighted by Gasteiger charge is -2.27. The first kappa shape index (κ1) is 10.0. The molecule has 2 unspecified atom stereocenters. The topological polar surface area (TPSA) is 56.0 Å². The van der Waals surface area contributed by atoms with Gasteiger partial charge in [-0.15, -0.1) is 0 Å². The zero-order valence-corrected chi connectivity index (χ0v) is 8.48. The summed E-state index contributed by atoms with van der Waals surface area (Å²) in [4.78, 5) is 0. The quantitative estimate of drug-likeness (QED) is 0.731. The summed E-state index contributed by atoms with van der Waals surface area (Å²) in [5.74, 6) is 0.441. The average molecular weight is 202 g/mol. The van der Waals surface area contributed by atoms with Crippen molar-refractivity contribution in [3.8, 4) is 11.8 Å². The van der Waals surface area contributed by atoms with Crippen LogP contribution in [0.3, 0.4) is 0 Å². The van der Waals surface area contributed by atoms with Crippen molar-refractivity contribution in [1.29, 1.82) is 5.26 Å². The standard InChI is InChI=1S/C12H14N2O/c13-8-9-5-6-14-12(7-9)10-1-3-11(15)4-2-10/h1-4,9,12,14-15H,5-7H2. The number of aromatic hydroxyl groups is 1. The van der Waals surface area contributed by atoms with E-state index >= 15 is 0 Å². The Morgan fingerprint density at radius 1 is 1.33 bits per heavy atom. The van der Waals surface area contributed by atoms with Crippen LogP contribution < -0.4 is 5.32 Å². The minimum absolute atomic E-state index is 0.157. The van der Waals surface area contributed by atoms with E-state index < -0.39 is 0 Å². The molecule has 1 saturated heterocycles. The molecule has 0 aliphatic carbocycles. The first-order valence-corrected chi connectivity index (χ1v) is 5.21. The lowest BCUT2D eigenvalue weighted by Crippen LogP contribution is -2.31. The van der Waals surface area contributed by atoms with Gasteiger partial charge in [0.1, 0.15) is 5.75 Å². The summed E-state index contributed by atoms with van der Waals surface area (Å²) >= 11 is 0. The summed E-state index contributed by atoms with van der Waals surface area (Å²) in [6.45, 7) is 0.893. The van der Waals surface area contributed by atoms with Crippen LogP contribution in [-0.2, 0) is 0 Å². The predicted molar refractivity (Wildman–Crippen MR) is 57.2 cm³/mol. The molecule has 15 heavy (non-hydrogen) atoms. The molecular weight excluding hydrogens is 188 g/mol. The van der Waals surface area contributed by atoms with Crippen molar-refractivity contribution in [2.75, 3.05) is 6.54 Å². The van der Waals surface area contributed by atoms with E-state index in [0.29, 0.717) is 0 Å². The highest BCUT2D eigenvalue weighted by Gasteiger charge is 2.22. The van der Waals surface area contributed by atoms with Crippen molar-refractivity contribution < 1.29 is 5.11 Å². The zero-order valence-electron chi connectivity index (χ0n) is 8.48. The van der Waals surface area contributed by atoms with E-state index in [1.807, 2.05) is 12.1 Å². The van der Waals surface area contributed by atoms with Crippen LogP contribution in [0.15, 0.2) is 24.3 Å². The van der Waals surface area contributed by atoms with Crippen LogP contribution in [0.25, 0.3) is 0 Å². The Morgan fingerprint density at radius 3 is 2.73 bits per heavy atom. The Morgan fingerprint density at radius 2 is 2.07 bits per heavy atom. The summed E-state index contributed by atoms with van der Waals surface area (Å²) in [5, 5.41) is 21.4. The molecule has 78 valence electrons.